The predicted molar refractivity (Wildman–Crippen MR) is 178 cm³/mol. The summed E-state index contributed by atoms with van der Waals surface area (Å²) in [5.74, 6) is 1.47. The molecule has 2 fully saturated rings. The summed E-state index contributed by atoms with van der Waals surface area (Å²) in [6.45, 7) is 3.95. The molecule has 0 radical (unpaired) electrons. The first-order chi connectivity index (χ1) is 21.6. The average Bonchev–Trinajstić information content (AvgIpc) is 3.09. The Hall–Kier alpha value is -4.16. The number of nitriles is 1. The average molecular weight is 582 g/mol. The van der Waals surface area contributed by atoms with Crippen LogP contribution in [-0.2, 0) is 9.53 Å². The molecule has 3 aliphatic carbocycles. The normalized spacial score (nSPS) is 28.1. The van der Waals surface area contributed by atoms with Crippen molar-refractivity contribution in [2.45, 2.75) is 75.7 Å². The fourth-order valence-corrected chi connectivity index (χ4v) is 7.81. The Morgan fingerprint density at radius 1 is 0.841 bits per heavy atom. The van der Waals surface area contributed by atoms with Gasteiger partial charge in [0.2, 0.25) is 0 Å². The van der Waals surface area contributed by atoms with E-state index in [0.717, 1.165) is 63.4 Å². The minimum Gasteiger partial charge on any atom is -0.461 e. The molecule has 0 atom stereocenters. The van der Waals surface area contributed by atoms with Gasteiger partial charge in [0.05, 0.1) is 11.6 Å². The molecule has 0 bridgehead atoms. The fraction of sp³-hybridized carbons (Fsp3) is 0.366. The van der Waals surface area contributed by atoms with Gasteiger partial charge in [0.25, 0.3) is 0 Å². The van der Waals surface area contributed by atoms with Gasteiger partial charge >= 0.3 is 5.97 Å². The maximum absolute atomic E-state index is 14.2. The van der Waals surface area contributed by atoms with E-state index in [4.69, 9.17) is 4.74 Å². The van der Waals surface area contributed by atoms with Crippen LogP contribution in [0.3, 0.4) is 0 Å². The highest BCUT2D eigenvalue weighted by atomic mass is 16.5. The number of benzene rings is 3. The van der Waals surface area contributed by atoms with Crippen LogP contribution in [0, 0.1) is 28.6 Å². The summed E-state index contributed by atoms with van der Waals surface area (Å²) in [4.78, 5) is 14.2. The third kappa shape index (κ3) is 6.36. The van der Waals surface area contributed by atoms with E-state index in [1.807, 2.05) is 36.4 Å². The second kappa shape index (κ2) is 13.6. The molecule has 224 valence electrons. The van der Waals surface area contributed by atoms with Crippen LogP contribution in [-0.4, -0.2) is 12.1 Å². The van der Waals surface area contributed by atoms with Gasteiger partial charge < -0.3 is 4.74 Å². The Labute approximate surface area is 263 Å². The quantitative estimate of drug-likeness (QED) is 0.196. The van der Waals surface area contributed by atoms with Gasteiger partial charge in [-0.3, -0.25) is 4.79 Å². The van der Waals surface area contributed by atoms with Gasteiger partial charge in [0.1, 0.15) is 11.5 Å². The number of allylic oxidation sites excluding steroid dienone is 3. The molecule has 0 spiro atoms. The molecule has 0 amide bonds. The van der Waals surface area contributed by atoms with E-state index in [0.29, 0.717) is 17.4 Å². The first-order valence-electron chi connectivity index (χ1n) is 16.4. The minimum absolute atomic E-state index is 0.0524. The zero-order valence-electron chi connectivity index (χ0n) is 25.6. The van der Waals surface area contributed by atoms with Crippen molar-refractivity contribution in [1.29, 1.82) is 5.26 Å². The smallest absolute Gasteiger partial charge is 0.320 e. The maximum Gasteiger partial charge on any atom is 0.320 e. The lowest BCUT2D eigenvalue weighted by molar-refractivity contribution is -0.161. The van der Waals surface area contributed by atoms with Gasteiger partial charge in [-0.1, -0.05) is 97.1 Å². The van der Waals surface area contributed by atoms with Gasteiger partial charge in [0.15, 0.2) is 0 Å². The van der Waals surface area contributed by atoms with Crippen molar-refractivity contribution in [3.8, 4) is 17.2 Å². The third-order valence-corrected chi connectivity index (χ3v) is 10.4. The Morgan fingerprint density at radius 2 is 1.50 bits per heavy atom. The molecule has 0 heterocycles. The molecule has 2 saturated carbocycles. The van der Waals surface area contributed by atoms with E-state index in [9.17, 15) is 10.1 Å². The monoisotopic (exact) mass is 581 g/mol. The van der Waals surface area contributed by atoms with E-state index in [1.54, 1.807) is 0 Å². The van der Waals surface area contributed by atoms with Gasteiger partial charge in [-0.2, -0.15) is 5.26 Å². The lowest BCUT2D eigenvalue weighted by Crippen LogP contribution is -2.42. The van der Waals surface area contributed by atoms with Crippen molar-refractivity contribution < 1.29 is 9.53 Å². The molecule has 44 heavy (non-hydrogen) atoms. The molecule has 0 saturated heterocycles. The lowest BCUT2D eigenvalue weighted by Gasteiger charge is -2.41. The Balaban J connectivity index is 1.15. The summed E-state index contributed by atoms with van der Waals surface area (Å²) in [7, 11) is 0. The molecule has 6 rings (SSSR count). The van der Waals surface area contributed by atoms with E-state index in [-0.39, 0.29) is 23.9 Å². The van der Waals surface area contributed by atoms with Crippen LogP contribution in [0.1, 0.15) is 86.3 Å². The first kappa shape index (κ1) is 29.9. The molecule has 0 aromatic heterocycles. The number of hydrogen-bond donors (Lipinski definition) is 0. The van der Waals surface area contributed by atoms with Crippen molar-refractivity contribution in [3.05, 3.63) is 133 Å². The number of carbonyl (C=O) groups excluding carboxylic acids is 1. The predicted octanol–water partition coefficient (Wildman–Crippen LogP) is 10.1. The molecule has 0 N–H and O–H groups in total. The fourth-order valence-electron chi connectivity index (χ4n) is 7.81. The highest BCUT2D eigenvalue weighted by Gasteiger charge is 2.46. The topological polar surface area (TPSA) is 50.1 Å². The summed E-state index contributed by atoms with van der Waals surface area (Å²) >= 11 is 0. The van der Waals surface area contributed by atoms with E-state index in [2.05, 4.69) is 85.5 Å². The van der Waals surface area contributed by atoms with Crippen LogP contribution in [0.2, 0.25) is 0 Å². The van der Waals surface area contributed by atoms with Gasteiger partial charge in [-0.25, -0.2) is 0 Å². The molecule has 0 unspecified atom stereocenters. The van der Waals surface area contributed by atoms with E-state index in [1.165, 1.54) is 16.7 Å². The van der Waals surface area contributed by atoms with Crippen LogP contribution >= 0.6 is 0 Å². The number of esters is 1. The number of ether oxygens (including phenoxy) is 1. The van der Waals surface area contributed by atoms with Crippen molar-refractivity contribution in [1.82, 2.24) is 0 Å². The minimum atomic E-state index is -0.691. The summed E-state index contributed by atoms with van der Waals surface area (Å²) in [5.41, 5.74) is 4.95. The SMILES string of the molecule is C=CC[C@H]1CC[C@H](C2(C(=O)O[C@H]3CC[C@H](c4ccccc4-c4ccc(C#N)cc4)CC3)C=CC(c3ccccc3)C=C2)CC1. The molecule has 0 aliphatic heterocycles. The summed E-state index contributed by atoms with van der Waals surface area (Å²) in [6, 6.07) is 29.2. The van der Waals surface area contributed by atoms with Crippen LogP contribution in [0.4, 0.5) is 0 Å². The number of rotatable bonds is 8. The molecule has 3 aromatic carbocycles. The first-order valence-corrected chi connectivity index (χ1v) is 16.4. The summed E-state index contributed by atoms with van der Waals surface area (Å²) < 4.78 is 6.44. The number of carbonyl (C=O) groups is 1. The molecule has 3 heteroatoms. The maximum atomic E-state index is 14.2. The van der Waals surface area contributed by atoms with Gasteiger partial charge in [0, 0.05) is 5.92 Å². The number of hydrogen-bond acceptors (Lipinski definition) is 3. The molecule has 3 nitrogen and oxygen atoms in total. The Kier molecular flexibility index (Phi) is 9.27. The van der Waals surface area contributed by atoms with Crippen molar-refractivity contribution in [3.63, 3.8) is 0 Å². The molecule has 3 aromatic rings. The Morgan fingerprint density at radius 3 is 2.16 bits per heavy atom. The second-order valence-corrected chi connectivity index (χ2v) is 13.0. The highest BCUT2D eigenvalue weighted by Crippen LogP contribution is 2.48. The summed E-state index contributed by atoms with van der Waals surface area (Å²) in [6.07, 6.45) is 20.0. The van der Waals surface area contributed by atoms with Crippen LogP contribution < -0.4 is 0 Å². The van der Waals surface area contributed by atoms with Crippen molar-refractivity contribution in [2.24, 2.45) is 17.3 Å². The van der Waals surface area contributed by atoms with Gasteiger partial charge in [-0.15, -0.1) is 6.58 Å². The van der Waals surface area contributed by atoms with Crippen molar-refractivity contribution >= 4 is 5.97 Å². The van der Waals surface area contributed by atoms with Crippen LogP contribution in [0.25, 0.3) is 11.1 Å². The van der Waals surface area contributed by atoms with E-state index < -0.39 is 5.41 Å². The third-order valence-electron chi connectivity index (χ3n) is 10.4. The standard InChI is InChI=1S/C41H43NO2/c1-2-8-30-15-21-36(22-16-30)41(27-25-33(26-28-41)32-9-4-3-5-10-32)40(43)44-37-23-19-35(20-24-37)39-12-7-6-11-38(39)34-17-13-31(29-42)14-18-34/h2-7,9-14,17-18,25-28,30,33,35-37H,1,8,15-16,19-24H2/t30-,33?,35-,36-,37-,41?. The zero-order valence-corrected chi connectivity index (χ0v) is 25.6. The summed E-state index contributed by atoms with van der Waals surface area (Å²) in [5, 5.41) is 9.21. The molecule has 3 aliphatic rings. The van der Waals surface area contributed by atoms with Gasteiger partial charge in [-0.05, 0) is 110 Å². The largest absolute Gasteiger partial charge is 0.461 e. The van der Waals surface area contributed by atoms with E-state index >= 15 is 0 Å². The zero-order chi connectivity index (χ0) is 30.4. The van der Waals surface area contributed by atoms with Crippen LogP contribution in [0.5, 0.6) is 0 Å². The lowest BCUT2D eigenvalue weighted by atomic mass is 9.64. The Bertz CT molecular complexity index is 1510. The molecular weight excluding hydrogens is 538 g/mol. The highest BCUT2D eigenvalue weighted by molar-refractivity contribution is 5.83. The second-order valence-electron chi connectivity index (χ2n) is 13.0. The van der Waals surface area contributed by atoms with Crippen molar-refractivity contribution in [2.75, 3.05) is 0 Å². The van der Waals surface area contributed by atoms with Crippen LogP contribution in [0.15, 0.2) is 116 Å². The number of nitrogens with zero attached hydrogens (tertiary/aromatic N) is 1. The molecular formula is C41H43NO2.